The van der Waals surface area contributed by atoms with Crippen LogP contribution in [0.4, 0.5) is 0 Å². The first kappa shape index (κ1) is 24.1. The third-order valence-corrected chi connectivity index (χ3v) is 9.86. The van der Waals surface area contributed by atoms with Crippen LogP contribution in [0.1, 0.15) is 0 Å². The highest BCUT2D eigenvalue weighted by molar-refractivity contribution is 7.14. The van der Waals surface area contributed by atoms with E-state index in [0.29, 0.717) is 0 Å². The summed E-state index contributed by atoms with van der Waals surface area (Å²) in [5.41, 5.74) is 11.4. The number of rotatable bonds is 6. The van der Waals surface area contributed by atoms with E-state index >= 15 is 0 Å². The molecule has 0 amide bonds. The Bertz CT molecular complexity index is 1610. The van der Waals surface area contributed by atoms with Crippen LogP contribution in [0.25, 0.3) is 64.7 Å². The molecule has 0 radical (unpaired) electrons. The first-order valence-corrected chi connectivity index (χ1v) is 15.5. The van der Waals surface area contributed by atoms with Crippen LogP contribution in [0.5, 0.6) is 0 Å². The molecule has 0 spiro atoms. The molecule has 0 nitrogen and oxygen atoms in total. The van der Waals surface area contributed by atoms with Crippen molar-refractivity contribution in [2.75, 3.05) is 0 Å². The minimum absolute atomic E-state index is 1.25. The predicted molar refractivity (Wildman–Crippen MR) is 173 cm³/mol. The van der Waals surface area contributed by atoms with E-state index in [1.54, 1.807) is 0 Å². The molecule has 0 bridgehead atoms. The molecular weight excluding hydrogens is 529 g/mol. The van der Waals surface area contributed by atoms with Crippen LogP contribution in [-0.4, -0.2) is 0 Å². The lowest BCUT2D eigenvalue weighted by Gasteiger charge is -2.13. The van der Waals surface area contributed by atoms with E-state index in [1.165, 1.54) is 64.7 Å². The summed E-state index contributed by atoms with van der Waals surface area (Å²) in [4.78, 5) is 3.92. The van der Waals surface area contributed by atoms with E-state index < -0.39 is 0 Å². The van der Waals surface area contributed by atoms with Gasteiger partial charge in [0.15, 0.2) is 0 Å². The third-order valence-electron chi connectivity index (χ3n) is 6.97. The second-order valence-corrected chi connectivity index (χ2v) is 12.1. The molecule has 0 N–H and O–H groups in total. The molecule has 0 atom stereocenters. The first-order chi connectivity index (χ1) is 19.3. The van der Waals surface area contributed by atoms with Gasteiger partial charge in [0.1, 0.15) is 0 Å². The van der Waals surface area contributed by atoms with Crippen LogP contribution in [0, 0.1) is 0 Å². The summed E-state index contributed by atoms with van der Waals surface area (Å²) in [5.74, 6) is 0. The zero-order valence-corrected chi connectivity index (χ0v) is 23.5. The van der Waals surface area contributed by atoms with Crippen molar-refractivity contribution in [2.24, 2.45) is 0 Å². The fourth-order valence-corrected chi connectivity index (χ4v) is 7.92. The number of hydrogen-bond donors (Lipinski definition) is 0. The lowest BCUT2D eigenvalue weighted by atomic mass is 9.92. The Balaban J connectivity index is 1.44. The summed E-state index contributed by atoms with van der Waals surface area (Å²) in [6, 6.07) is 46.2. The standard InChI is InChI=1S/C36H24S3/c1-4-10-25(11-5-1)34-31(16-19-37-34)28-22-29(32-17-20-38-35(32)26-12-6-2-7-13-26)24-30(23-28)33-18-21-39-36(33)27-14-8-3-9-15-27/h1-24H. The van der Waals surface area contributed by atoms with Crippen molar-refractivity contribution in [3.63, 3.8) is 0 Å². The van der Waals surface area contributed by atoms with Gasteiger partial charge in [-0.2, -0.15) is 0 Å². The molecule has 3 heteroatoms. The molecule has 3 heterocycles. The highest BCUT2D eigenvalue weighted by atomic mass is 32.1. The van der Waals surface area contributed by atoms with Crippen molar-refractivity contribution in [1.29, 1.82) is 0 Å². The van der Waals surface area contributed by atoms with E-state index in [4.69, 9.17) is 0 Å². The summed E-state index contributed by atoms with van der Waals surface area (Å²) in [5, 5.41) is 6.64. The second-order valence-electron chi connectivity index (χ2n) is 9.39. The number of hydrogen-bond acceptors (Lipinski definition) is 3. The quantitative estimate of drug-likeness (QED) is 0.192. The van der Waals surface area contributed by atoms with Gasteiger partial charge in [-0.25, -0.2) is 0 Å². The molecule has 3 aromatic heterocycles. The van der Waals surface area contributed by atoms with Gasteiger partial charge in [-0.1, -0.05) is 91.0 Å². The van der Waals surface area contributed by atoms with Crippen molar-refractivity contribution < 1.29 is 0 Å². The second kappa shape index (κ2) is 10.6. The molecule has 0 saturated heterocycles. The fraction of sp³-hybridized carbons (Fsp3) is 0. The molecule has 0 saturated carbocycles. The van der Waals surface area contributed by atoms with Gasteiger partial charge in [-0.3, -0.25) is 0 Å². The van der Waals surface area contributed by atoms with E-state index in [0.717, 1.165) is 0 Å². The Morgan fingerprint density at radius 1 is 0.282 bits per heavy atom. The van der Waals surface area contributed by atoms with Crippen molar-refractivity contribution in [3.8, 4) is 64.7 Å². The highest BCUT2D eigenvalue weighted by Crippen LogP contribution is 2.45. The van der Waals surface area contributed by atoms with E-state index in [2.05, 4.69) is 144 Å². The Morgan fingerprint density at radius 3 is 0.846 bits per heavy atom. The molecular formula is C36H24S3. The van der Waals surface area contributed by atoms with Crippen molar-refractivity contribution in [2.45, 2.75) is 0 Å². The molecule has 7 aromatic rings. The fourth-order valence-electron chi connectivity index (χ4n) is 5.14. The lowest BCUT2D eigenvalue weighted by Crippen LogP contribution is -1.87. The summed E-state index contributed by atoms with van der Waals surface area (Å²) < 4.78 is 0. The topological polar surface area (TPSA) is 0 Å². The summed E-state index contributed by atoms with van der Waals surface area (Å²) in [6.07, 6.45) is 0. The van der Waals surface area contributed by atoms with Crippen LogP contribution in [-0.2, 0) is 0 Å². The van der Waals surface area contributed by atoms with E-state index in [9.17, 15) is 0 Å². The molecule has 0 aliphatic carbocycles. The number of thiophene rings is 3. The first-order valence-electron chi connectivity index (χ1n) is 12.9. The normalized spacial score (nSPS) is 11.1. The maximum Gasteiger partial charge on any atom is 0.0421 e. The van der Waals surface area contributed by atoms with Gasteiger partial charge in [-0.15, -0.1) is 34.0 Å². The van der Waals surface area contributed by atoms with Crippen molar-refractivity contribution in [1.82, 2.24) is 0 Å². The Labute approximate surface area is 241 Å². The van der Waals surface area contributed by atoms with E-state index in [-0.39, 0.29) is 0 Å². The van der Waals surface area contributed by atoms with Crippen LogP contribution in [0.3, 0.4) is 0 Å². The van der Waals surface area contributed by atoms with Gasteiger partial charge in [0.25, 0.3) is 0 Å². The van der Waals surface area contributed by atoms with E-state index in [1.807, 2.05) is 34.0 Å². The number of benzene rings is 4. The molecule has 7 rings (SSSR count). The molecule has 0 aliphatic heterocycles. The highest BCUT2D eigenvalue weighted by Gasteiger charge is 2.17. The van der Waals surface area contributed by atoms with Gasteiger partial charge < -0.3 is 0 Å². The van der Waals surface area contributed by atoms with Crippen molar-refractivity contribution in [3.05, 3.63) is 144 Å². The van der Waals surface area contributed by atoms with Crippen LogP contribution < -0.4 is 0 Å². The minimum Gasteiger partial charge on any atom is -0.143 e. The average Bonchev–Trinajstić information content (AvgIpc) is 3.79. The molecule has 186 valence electrons. The Hall–Kier alpha value is -4.02. The lowest BCUT2D eigenvalue weighted by molar-refractivity contribution is 1.61. The summed E-state index contributed by atoms with van der Waals surface area (Å²) in [7, 11) is 0. The summed E-state index contributed by atoms with van der Waals surface area (Å²) >= 11 is 5.42. The molecule has 0 unspecified atom stereocenters. The van der Waals surface area contributed by atoms with Gasteiger partial charge in [0, 0.05) is 31.3 Å². The van der Waals surface area contributed by atoms with Crippen molar-refractivity contribution >= 4 is 34.0 Å². The predicted octanol–water partition coefficient (Wildman–Crippen LogP) is 11.9. The maximum atomic E-state index is 2.38. The SMILES string of the molecule is c1ccc(-c2sccc2-c2cc(-c3ccsc3-c3ccccc3)cc(-c3ccsc3-c3ccccc3)c2)cc1. The Morgan fingerprint density at radius 2 is 0.564 bits per heavy atom. The smallest absolute Gasteiger partial charge is 0.0421 e. The third kappa shape index (κ3) is 4.70. The Kier molecular flexibility index (Phi) is 6.55. The largest absolute Gasteiger partial charge is 0.143 e. The van der Waals surface area contributed by atoms with Gasteiger partial charge in [0.2, 0.25) is 0 Å². The molecule has 39 heavy (non-hydrogen) atoms. The minimum atomic E-state index is 1.25. The summed E-state index contributed by atoms with van der Waals surface area (Å²) in [6.45, 7) is 0. The van der Waals surface area contributed by atoms with Crippen LogP contribution in [0.2, 0.25) is 0 Å². The molecule has 4 aromatic carbocycles. The maximum absolute atomic E-state index is 2.38. The molecule has 0 fully saturated rings. The average molecular weight is 553 g/mol. The van der Waals surface area contributed by atoms with Crippen LogP contribution >= 0.6 is 34.0 Å². The van der Waals surface area contributed by atoms with Gasteiger partial charge >= 0.3 is 0 Å². The molecule has 0 aliphatic rings. The van der Waals surface area contributed by atoms with Gasteiger partial charge in [0.05, 0.1) is 0 Å². The zero-order chi connectivity index (χ0) is 26.0. The zero-order valence-electron chi connectivity index (χ0n) is 21.1. The van der Waals surface area contributed by atoms with Crippen LogP contribution in [0.15, 0.2) is 144 Å². The monoisotopic (exact) mass is 552 g/mol. The van der Waals surface area contributed by atoms with Gasteiger partial charge in [-0.05, 0) is 85.9 Å².